The van der Waals surface area contributed by atoms with Crippen molar-refractivity contribution >= 4 is 49.9 Å². The van der Waals surface area contributed by atoms with Crippen molar-refractivity contribution < 1.29 is 8.42 Å². The van der Waals surface area contributed by atoms with Crippen LogP contribution >= 0.6 is 23.2 Å². The largest absolute Gasteiger partial charge is 0.367 e. The number of rotatable bonds is 7. The van der Waals surface area contributed by atoms with E-state index in [2.05, 4.69) is 27.4 Å². The van der Waals surface area contributed by atoms with Gasteiger partial charge in [0.25, 0.3) is 0 Å². The van der Waals surface area contributed by atoms with Crippen LogP contribution in [0, 0.1) is 11.3 Å². The van der Waals surface area contributed by atoms with Crippen LogP contribution in [0.15, 0.2) is 102 Å². The molecule has 1 fully saturated rings. The third-order valence-electron chi connectivity index (χ3n) is 7.82. The Kier molecular flexibility index (Phi) is 8.33. The fraction of sp³-hybridized carbons (Fsp3) is 0.182. The predicted octanol–water partition coefficient (Wildman–Crippen LogP) is 7.25. The van der Waals surface area contributed by atoms with Gasteiger partial charge in [0.05, 0.1) is 22.0 Å². The standard InChI is InChI=1S/C33H27Cl2N5O2S/c34-26-8-3-23(4-9-26)32(24-5-10-27(35)11-6-24)25-7-14-31-30(19-25)33(38-21-37-31)39-28-15-17-40(18-16-28)43(41,42)29-12-1-22(20-36)2-13-29/h1-14,19,21,28,32H,15-18H2,(H,37,38,39). The Bertz CT molecular complexity index is 1860. The first kappa shape index (κ1) is 29.1. The zero-order valence-corrected chi connectivity index (χ0v) is 25.3. The zero-order chi connectivity index (χ0) is 30.0. The van der Waals surface area contributed by atoms with Gasteiger partial charge in [0.2, 0.25) is 10.0 Å². The smallest absolute Gasteiger partial charge is 0.243 e. The molecule has 2 heterocycles. The summed E-state index contributed by atoms with van der Waals surface area (Å²) in [5.41, 5.74) is 4.49. The Morgan fingerprint density at radius 1 is 0.814 bits per heavy atom. The summed E-state index contributed by atoms with van der Waals surface area (Å²) in [6, 6.07) is 30.0. The van der Waals surface area contributed by atoms with Gasteiger partial charge in [-0.15, -0.1) is 0 Å². The highest BCUT2D eigenvalue weighted by molar-refractivity contribution is 7.89. The molecule has 43 heavy (non-hydrogen) atoms. The van der Waals surface area contributed by atoms with Gasteiger partial charge in [-0.3, -0.25) is 0 Å². The van der Waals surface area contributed by atoms with Crippen LogP contribution in [0.25, 0.3) is 10.9 Å². The molecule has 1 aliphatic rings. The molecule has 10 heteroatoms. The van der Waals surface area contributed by atoms with E-state index in [0.29, 0.717) is 47.4 Å². The lowest BCUT2D eigenvalue weighted by Gasteiger charge is -2.32. The summed E-state index contributed by atoms with van der Waals surface area (Å²) in [4.78, 5) is 9.28. The maximum absolute atomic E-state index is 13.2. The van der Waals surface area contributed by atoms with Crippen molar-refractivity contribution in [3.8, 4) is 6.07 Å². The monoisotopic (exact) mass is 627 g/mol. The zero-order valence-electron chi connectivity index (χ0n) is 23.0. The van der Waals surface area contributed by atoms with E-state index in [0.717, 1.165) is 27.6 Å². The fourth-order valence-corrected chi connectivity index (χ4v) is 7.26. The third kappa shape index (κ3) is 6.22. The maximum atomic E-state index is 13.2. The van der Waals surface area contributed by atoms with Crippen LogP contribution in [-0.2, 0) is 10.0 Å². The molecular weight excluding hydrogens is 601 g/mol. The Morgan fingerprint density at radius 3 is 1.98 bits per heavy atom. The second-order valence-electron chi connectivity index (χ2n) is 10.5. The molecule has 1 N–H and O–H groups in total. The summed E-state index contributed by atoms with van der Waals surface area (Å²) in [7, 11) is -3.64. The molecule has 216 valence electrons. The molecular formula is C33H27Cl2N5O2S. The van der Waals surface area contributed by atoms with Crippen LogP contribution in [0.5, 0.6) is 0 Å². The van der Waals surface area contributed by atoms with Crippen LogP contribution < -0.4 is 5.32 Å². The van der Waals surface area contributed by atoms with Crippen molar-refractivity contribution in [1.29, 1.82) is 5.26 Å². The lowest BCUT2D eigenvalue weighted by atomic mass is 9.84. The van der Waals surface area contributed by atoms with Crippen molar-refractivity contribution in [1.82, 2.24) is 14.3 Å². The SMILES string of the molecule is N#Cc1ccc(S(=O)(=O)N2CCC(Nc3ncnc4ccc(C(c5ccc(Cl)cc5)c5ccc(Cl)cc5)cc34)CC2)cc1. The van der Waals surface area contributed by atoms with Gasteiger partial charge >= 0.3 is 0 Å². The summed E-state index contributed by atoms with van der Waals surface area (Å²) in [5, 5.41) is 14.8. The van der Waals surface area contributed by atoms with E-state index >= 15 is 0 Å². The minimum Gasteiger partial charge on any atom is -0.367 e. The highest BCUT2D eigenvalue weighted by atomic mass is 35.5. The van der Waals surface area contributed by atoms with Crippen molar-refractivity contribution in [3.05, 3.63) is 130 Å². The molecule has 4 aromatic carbocycles. The molecule has 0 spiro atoms. The van der Waals surface area contributed by atoms with Gasteiger partial charge in [-0.25, -0.2) is 18.4 Å². The lowest BCUT2D eigenvalue weighted by Crippen LogP contribution is -2.42. The van der Waals surface area contributed by atoms with Crippen LogP contribution in [-0.4, -0.2) is 41.8 Å². The van der Waals surface area contributed by atoms with Crippen LogP contribution in [0.3, 0.4) is 0 Å². The van der Waals surface area contributed by atoms with E-state index < -0.39 is 10.0 Å². The number of nitrogens with one attached hydrogen (secondary N) is 1. The molecule has 0 bridgehead atoms. The van der Waals surface area contributed by atoms with Crippen molar-refractivity contribution in [2.45, 2.75) is 29.7 Å². The van der Waals surface area contributed by atoms with Crippen LogP contribution in [0.1, 0.15) is 41.0 Å². The number of fused-ring (bicyclic) bond motifs is 1. The first-order valence-corrected chi connectivity index (χ1v) is 16.0. The lowest BCUT2D eigenvalue weighted by molar-refractivity contribution is 0.329. The van der Waals surface area contributed by atoms with Gasteiger partial charge in [-0.2, -0.15) is 9.57 Å². The molecule has 0 radical (unpaired) electrons. The fourth-order valence-electron chi connectivity index (χ4n) is 5.54. The Morgan fingerprint density at radius 2 is 1.40 bits per heavy atom. The molecule has 0 atom stereocenters. The van der Waals surface area contributed by atoms with Gasteiger partial charge < -0.3 is 5.32 Å². The summed E-state index contributed by atoms with van der Waals surface area (Å²) in [5.74, 6) is 0.647. The van der Waals surface area contributed by atoms with Crippen LogP contribution in [0.2, 0.25) is 10.0 Å². The van der Waals surface area contributed by atoms with E-state index in [4.69, 9.17) is 28.5 Å². The molecule has 0 unspecified atom stereocenters. The van der Waals surface area contributed by atoms with Crippen molar-refractivity contribution in [2.24, 2.45) is 0 Å². The highest BCUT2D eigenvalue weighted by Crippen LogP contribution is 2.36. The van der Waals surface area contributed by atoms with Gasteiger partial charge in [0.15, 0.2) is 0 Å². The number of nitriles is 1. The summed E-state index contributed by atoms with van der Waals surface area (Å²) in [6.45, 7) is 0.757. The van der Waals surface area contributed by atoms with Gasteiger partial charge in [0, 0.05) is 40.5 Å². The number of benzene rings is 4. The van der Waals surface area contributed by atoms with E-state index in [1.165, 1.54) is 28.6 Å². The number of piperidine rings is 1. The highest BCUT2D eigenvalue weighted by Gasteiger charge is 2.30. The van der Waals surface area contributed by atoms with Gasteiger partial charge in [-0.05, 0) is 90.2 Å². The van der Waals surface area contributed by atoms with E-state index in [9.17, 15) is 8.42 Å². The number of hydrogen-bond donors (Lipinski definition) is 1. The molecule has 6 rings (SSSR count). The average Bonchev–Trinajstić information content (AvgIpc) is 3.03. The number of sulfonamides is 1. The summed E-state index contributed by atoms with van der Waals surface area (Å²) >= 11 is 12.4. The second kappa shape index (κ2) is 12.3. The number of anilines is 1. The molecule has 1 saturated heterocycles. The van der Waals surface area contributed by atoms with E-state index in [-0.39, 0.29) is 16.9 Å². The van der Waals surface area contributed by atoms with Crippen LogP contribution in [0.4, 0.5) is 5.82 Å². The maximum Gasteiger partial charge on any atom is 0.243 e. The summed E-state index contributed by atoms with van der Waals surface area (Å²) in [6.07, 6.45) is 2.79. The molecule has 0 saturated carbocycles. The molecule has 1 aliphatic heterocycles. The number of aromatic nitrogens is 2. The van der Waals surface area contributed by atoms with Gasteiger partial charge in [-0.1, -0.05) is 53.5 Å². The average molecular weight is 629 g/mol. The molecule has 1 aromatic heterocycles. The predicted molar refractivity (Wildman–Crippen MR) is 170 cm³/mol. The minimum absolute atomic E-state index is 0.0394. The number of halogens is 2. The molecule has 0 aliphatic carbocycles. The quantitative estimate of drug-likeness (QED) is 0.191. The summed E-state index contributed by atoms with van der Waals surface area (Å²) < 4.78 is 27.9. The van der Waals surface area contributed by atoms with Gasteiger partial charge in [0.1, 0.15) is 12.1 Å². The minimum atomic E-state index is -3.64. The topological polar surface area (TPSA) is 99.0 Å². The number of nitrogens with zero attached hydrogens (tertiary/aromatic N) is 4. The number of hydrogen-bond acceptors (Lipinski definition) is 6. The van der Waals surface area contributed by atoms with Crippen molar-refractivity contribution in [3.63, 3.8) is 0 Å². The third-order valence-corrected chi connectivity index (χ3v) is 10.2. The van der Waals surface area contributed by atoms with E-state index in [1.807, 2.05) is 60.7 Å². The Labute approximate surface area is 260 Å². The van der Waals surface area contributed by atoms with Crippen molar-refractivity contribution in [2.75, 3.05) is 18.4 Å². The normalized spacial score (nSPS) is 14.6. The first-order valence-electron chi connectivity index (χ1n) is 13.8. The Balaban J connectivity index is 1.25. The molecule has 7 nitrogen and oxygen atoms in total. The Hall–Kier alpha value is -4.00. The first-order chi connectivity index (χ1) is 20.8. The molecule has 0 amide bonds. The molecule has 5 aromatic rings. The van der Waals surface area contributed by atoms with E-state index in [1.54, 1.807) is 6.33 Å². The second-order valence-corrected chi connectivity index (χ2v) is 13.3.